The zero-order chi connectivity index (χ0) is 19.3. The molecule has 28 heavy (non-hydrogen) atoms. The number of hydrogen-bond acceptors (Lipinski definition) is 4. The van der Waals surface area contributed by atoms with E-state index >= 15 is 0 Å². The van der Waals surface area contributed by atoms with E-state index in [1.54, 1.807) is 0 Å². The fourth-order valence-electron chi connectivity index (χ4n) is 3.79. The number of amides is 1. The van der Waals surface area contributed by atoms with Gasteiger partial charge in [0.1, 0.15) is 5.75 Å². The van der Waals surface area contributed by atoms with Crippen molar-refractivity contribution in [2.75, 3.05) is 25.0 Å². The third-order valence-corrected chi connectivity index (χ3v) is 5.99. The number of ether oxygens (including phenoxy) is 1. The van der Waals surface area contributed by atoms with Crippen LogP contribution in [0, 0.1) is 0 Å². The third kappa shape index (κ3) is 3.96. The van der Waals surface area contributed by atoms with Crippen molar-refractivity contribution in [3.63, 3.8) is 0 Å². The van der Waals surface area contributed by atoms with Gasteiger partial charge < -0.3 is 10.1 Å². The van der Waals surface area contributed by atoms with Crippen LogP contribution < -0.4 is 10.1 Å². The average Bonchev–Trinajstić information content (AvgIpc) is 3.19. The molecule has 144 valence electrons. The van der Waals surface area contributed by atoms with Crippen LogP contribution in [-0.2, 0) is 11.2 Å². The maximum Gasteiger partial charge on any atom is 0.238 e. The van der Waals surface area contributed by atoms with Gasteiger partial charge in [0.05, 0.1) is 24.9 Å². The van der Waals surface area contributed by atoms with Crippen molar-refractivity contribution < 1.29 is 9.53 Å². The Kier molecular flexibility index (Phi) is 5.74. The molecule has 1 aliphatic heterocycles. The van der Waals surface area contributed by atoms with Gasteiger partial charge in [-0.2, -0.15) is 0 Å². The van der Waals surface area contributed by atoms with Gasteiger partial charge in [-0.3, -0.25) is 9.69 Å². The summed E-state index contributed by atoms with van der Waals surface area (Å²) in [5, 5.41) is 5.18. The molecule has 1 atom stereocenters. The van der Waals surface area contributed by atoms with Crippen molar-refractivity contribution in [1.82, 2.24) is 4.90 Å². The summed E-state index contributed by atoms with van der Waals surface area (Å²) in [6.07, 6.45) is 0.985. The Morgan fingerprint density at radius 3 is 2.75 bits per heavy atom. The molecule has 4 nitrogen and oxygen atoms in total. The Labute approximate surface area is 169 Å². The van der Waals surface area contributed by atoms with Gasteiger partial charge in [-0.25, -0.2) is 0 Å². The standard InChI is InChI=1S/C23H24N2O2S/c1-2-27-20-11-7-6-10-19(20)24-22(26)16-25-14-12-21-18(13-15-28-21)23(25)17-8-4-3-5-9-17/h3-11,13,15,23H,2,12,14,16H2,1H3,(H,24,26)/t23-/m0/s1. The van der Waals surface area contributed by atoms with Crippen molar-refractivity contribution >= 4 is 22.9 Å². The lowest BCUT2D eigenvalue weighted by molar-refractivity contribution is -0.117. The number of benzene rings is 2. The van der Waals surface area contributed by atoms with E-state index in [1.165, 1.54) is 16.0 Å². The monoisotopic (exact) mass is 392 g/mol. The maximum absolute atomic E-state index is 12.9. The van der Waals surface area contributed by atoms with Gasteiger partial charge >= 0.3 is 0 Å². The van der Waals surface area contributed by atoms with Crippen LogP contribution in [-0.4, -0.2) is 30.5 Å². The van der Waals surface area contributed by atoms with Gasteiger partial charge in [0.25, 0.3) is 0 Å². The predicted octanol–water partition coefficient (Wildman–Crippen LogP) is 4.73. The number of para-hydroxylation sites is 2. The van der Waals surface area contributed by atoms with Gasteiger partial charge in [-0.15, -0.1) is 11.3 Å². The molecule has 0 unspecified atom stereocenters. The zero-order valence-corrected chi connectivity index (χ0v) is 16.7. The summed E-state index contributed by atoms with van der Waals surface area (Å²) in [5.74, 6) is 0.684. The van der Waals surface area contributed by atoms with Crippen LogP contribution in [0.5, 0.6) is 5.75 Å². The first-order valence-electron chi connectivity index (χ1n) is 9.63. The molecular formula is C23H24N2O2S. The summed E-state index contributed by atoms with van der Waals surface area (Å²) in [6.45, 7) is 3.72. The van der Waals surface area contributed by atoms with Crippen LogP contribution in [0.2, 0.25) is 0 Å². The molecule has 1 N–H and O–H groups in total. The minimum Gasteiger partial charge on any atom is -0.492 e. The Morgan fingerprint density at radius 2 is 1.93 bits per heavy atom. The zero-order valence-electron chi connectivity index (χ0n) is 15.9. The molecular weight excluding hydrogens is 368 g/mol. The Morgan fingerprint density at radius 1 is 1.14 bits per heavy atom. The molecule has 0 saturated heterocycles. The Hall–Kier alpha value is -2.63. The highest BCUT2D eigenvalue weighted by molar-refractivity contribution is 7.10. The van der Waals surface area contributed by atoms with Crippen molar-refractivity contribution in [3.05, 3.63) is 82.0 Å². The van der Waals surface area contributed by atoms with Gasteiger partial charge in [0.2, 0.25) is 5.91 Å². The summed E-state index contributed by atoms with van der Waals surface area (Å²) < 4.78 is 5.63. The predicted molar refractivity (Wildman–Crippen MR) is 114 cm³/mol. The minimum atomic E-state index is -0.0215. The quantitative estimate of drug-likeness (QED) is 0.659. The molecule has 1 aromatic heterocycles. The third-order valence-electron chi connectivity index (χ3n) is 4.99. The number of rotatable bonds is 6. The van der Waals surface area contributed by atoms with Crippen LogP contribution in [0.1, 0.15) is 29.0 Å². The average molecular weight is 393 g/mol. The number of carbonyl (C=O) groups excluding carboxylic acids is 1. The van der Waals surface area contributed by atoms with Crippen molar-refractivity contribution in [1.29, 1.82) is 0 Å². The Balaban J connectivity index is 1.54. The highest BCUT2D eigenvalue weighted by Gasteiger charge is 2.30. The number of nitrogens with zero attached hydrogens (tertiary/aromatic N) is 1. The van der Waals surface area contributed by atoms with E-state index in [-0.39, 0.29) is 11.9 Å². The fourth-order valence-corrected chi connectivity index (χ4v) is 4.69. The molecule has 3 aromatic rings. The summed E-state index contributed by atoms with van der Waals surface area (Å²) in [4.78, 5) is 16.5. The molecule has 0 radical (unpaired) electrons. The van der Waals surface area contributed by atoms with Crippen molar-refractivity contribution in [2.24, 2.45) is 0 Å². The van der Waals surface area contributed by atoms with Crippen LogP contribution in [0.3, 0.4) is 0 Å². The molecule has 4 rings (SSSR count). The van der Waals surface area contributed by atoms with E-state index < -0.39 is 0 Å². The Bertz CT molecular complexity index is 939. The van der Waals surface area contributed by atoms with E-state index in [1.807, 2.05) is 48.6 Å². The lowest BCUT2D eigenvalue weighted by atomic mass is 9.93. The van der Waals surface area contributed by atoms with Gasteiger partial charge in [-0.1, -0.05) is 42.5 Å². The van der Waals surface area contributed by atoms with Crippen LogP contribution in [0.15, 0.2) is 66.0 Å². The largest absolute Gasteiger partial charge is 0.492 e. The number of nitrogens with one attached hydrogen (secondary N) is 1. The lowest BCUT2D eigenvalue weighted by Crippen LogP contribution is -2.40. The molecule has 2 aromatic carbocycles. The molecule has 0 bridgehead atoms. The van der Waals surface area contributed by atoms with Crippen LogP contribution in [0.25, 0.3) is 0 Å². The minimum absolute atomic E-state index is 0.0215. The molecule has 2 heterocycles. The molecule has 0 saturated carbocycles. The fraction of sp³-hybridized carbons (Fsp3) is 0.261. The van der Waals surface area contributed by atoms with E-state index in [0.717, 1.165) is 18.7 Å². The second kappa shape index (κ2) is 8.59. The summed E-state index contributed by atoms with van der Waals surface area (Å²) in [7, 11) is 0. The normalized spacial score (nSPS) is 16.4. The first-order chi connectivity index (χ1) is 13.8. The smallest absolute Gasteiger partial charge is 0.238 e. The van der Waals surface area contributed by atoms with Gasteiger partial charge in [0, 0.05) is 11.4 Å². The summed E-state index contributed by atoms with van der Waals surface area (Å²) in [5.41, 5.74) is 3.27. The van der Waals surface area contributed by atoms with E-state index in [9.17, 15) is 4.79 Å². The van der Waals surface area contributed by atoms with E-state index in [2.05, 4.69) is 45.9 Å². The molecule has 1 amide bonds. The molecule has 0 spiro atoms. The molecule has 0 aliphatic carbocycles. The molecule has 5 heteroatoms. The van der Waals surface area contributed by atoms with E-state index in [0.29, 0.717) is 18.9 Å². The first kappa shape index (κ1) is 18.7. The number of thiophene rings is 1. The maximum atomic E-state index is 12.9. The van der Waals surface area contributed by atoms with Crippen LogP contribution >= 0.6 is 11.3 Å². The SMILES string of the molecule is CCOc1ccccc1NC(=O)CN1CCc2sccc2[C@@H]1c1ccccc1. The number of fused-ring (bicyclic) bond motifs is 1. The topological polar surface area (TPSA) is 41.6 Å². The van der Waals surface area contributed by atoms with Crippen molar-refractivity contribution in [2.45, 2.75) is 19.4 Å². The first-order valence-corrected chi connectivity index (χ1v) is 10.5. The van der Waals surface area contributed by atoms with Crippen LogP contribution in [0.4, 0.5) is 5.69 Å². The number of hydrogen-bond donors (Lipinski definition) is 1. The second-order valence-electron chi connectivity index (χ2n) is 6.81. The lowest BCUT2D eigenvalue weighted by Gasteiger charge is -2.35. The van der Waals surface area contributed by atoms with Gasteiger partial charge in [-0.05, 0) is 48.1 Å². The highest BCUT2D eigenvalue weighted by atomic mass is 32.1. The molecule has 1 aliphatic rings. The van der Waals surface area contributed by atoms with Gasteiger partial charge in [0.15, 0.2) is 0 Å². The number of carbonyl (C=O) groups is 1. The van der Waals surface area contributed by atoms with Crippen molar-refractivity contribution in [3.8, 4) is 5.75 Å². The van der Waals surface area contributed by atoms with E-state index in [4.69, 9.17) is 4.74 Å². The molecule has 0 fully saturated rings. The summed E-state index contributed by atoms with van der Waals surface area (Å²) in [6, 6.07) is 20.3. The number of anilines is 1. The highest BCUT2D eigenvalue weighted by Crippen LogP contribution is 2.37. The second-order valence-corrected chi connectivity index (χ2v) is 7.81. The summed E-state index contributed by atoms with van der Waals surface area (Å²) >= 11 is 1.81.